The SMILES string of the molecule is O=C(NCC1(c2cccs2)CCOCC1)C1c2ccccc2Oc2ccccc21. The van der Waals surface area contributed by atoms with Crippen LogP contribution >= 0.6 is 11.3 Å². The molecule has 3 aromatic rings. The second-order valence-electron chi connectivity index (χ2n) is 7.70. The lowest BCUT2D eigenvalue weighted by Gasteiger charge is -2.37. The van der Waals surface area contributed by atoms with Crippen molar-refractivity contribution >= 4 is 17.2 Å². The third-order valence-corrected chi connectivity index (χ3v) is 7.15. The summed E-state index contributed by atoms with van der Waals surface area (Å²) in [4.78, 5) is 14.8. The largest absolute Gasteiger partial charge is 0.457 e. The van der Waals surface area contributed by atoms with E-state index in [1.807, 2.05) is 48.5 Å². The van der Waals surface area contributed by atoms with Crippen LogP contribution < -0.4 is 10.1 Å². The molecule has 0 unspecified atom stereocenters. The predicted molar refractivity (Wildman–Crippen MR) is 114 cm³/mol. The molecule has 0 saturated carbocycles. The summed E-state index contributed by atoms with van der Waals surface area (Å²) in [5.41, 5.74) is 1.79. The van der Waals surface area contributed by atoms with Crippen molar-refractivity contribution in [3.63, 3.8) is 0 Å². The summed E-state index contributed by atoms with van der Waals surface area (Å²) in [6, 6.07) is 19.9. The Balaban J connectivity index is 1.44. The highest BCUT2D eigenvalue weighted by atomic mass is 32.1. The Kier molecular flexibility index (Phi) is 4.86. The first kappa shape index (κ1) is 18.4. The average molecular weight is 406 g/mol. The van der Waals surface area contributed by atoms with Gasteiger partial charge in [-0.3, -0.25) is 4.79 Å². The van der Waals surface area contributed by atoms with Gasteiger partial charge in [0.15, 0.2) is 0 Å². The Morgan fingerprint density at radius 3 is 2.24 bits per heavy atom. The molecule has 2 aliphatic rings. The zero-order valence-electron chi connectivity index (χ0n) is 16.1. The normalized spacial score (nSPS) is 17.7. The topological polar surface area (TPSA) is 47.6 Å². The lowest BCUT2D eigenvalue weighted by atomic mass is 9.78. The van der Waals surface area contributed by atoms with Gasteiger partial charge in [0.2, 0.25) is 5.91 Å². The number of amides is 1. The molecule has 1 saturated heterocycles. The molecule has 0 spiro atoms. The number of fused-ring (bicyclic) bond motifs is 2. The van der Waals surface area contributed by atoms with E-state index in [2.05, 4.69) is 22.8 Å². The minimum atomic E-state index is -0.364. The molecule has 1 N–H and O–H groups in total. The van der Waals surface area contributed by atoms with E-state index in [4.69, 9.17) is 9.47 Å². The molecular weight excluding hydrogens is 382 g/mol. The molecule has 0 atom stereocenters. The molecule has 3 heterocycles. The molecule has 0 aliphatic carbocycles. The fraction of sp³-hybridized carbons (Fsp3) is 0.292. The molecule has 1 amide bonds. The number of thiophene rings is 1. The van der Waals surface area contributed by atoms with Gasteiger partial charge >= 0.3 is 0 Å². The van der Waals surface area contributed by atoms with Crippen molar-refractivity contribution in [2.75, 3.05) is 19.8 Å². The molecular formula is C24H23NO3S. The average Bonchev–Trinajstić information content (AvgIpc) is 3.32. The van der Waals surface area contributed by atoms with Crippen molar-refractivity contribution < 1.29 is 14.3 Å². The van der Waals surface area contributed by atoms with Crippen molar-refractivity contribution in [1.82, 2.24) is 5.32 Å². The van der Waals surface area contributed by atoms with Gasteiger partial charge in [-0.25, -0.2) is 0 Å². The van der Waals surface area contributed by atoms with Gasteiger partial charge in [-0.15, -0.1) is 11.3 Å². The number of carbonyl (C=O) groups excluding carboxylic acids is 1. The highest BCUT2D eigenvalue weighted by Crippen LogP contribution is 2.44. The van der Waals surface area contributed by atoms with E-state index in [0.717, 1.165) is 48.7 Å². The standard InChI is InChI=1S/C24H23NO3S/c26-23(25-16-24(11-13-27-14-12-24)21-10-5-15-29-21)22-17-6-1-3-8-19(17)28-20-9-4-2-7-18(20)22/h1-10,15,22H,11-14,16H2,(H,25,26). The summed E-state index contributed by atoms with van der Waals surface area (Å²) in [5.74, 6) is 1.17. The van der Waals surface area contributed by atoms with Crippen LogP contribution in [0, 0.1) is 0 Å². The Bertz CT molecular complexity index is 963. The second-order valence-corrected chi connectivity index (χ2v) is 8.65. The van der Waals surface area contributed by atoms with Crippen LogP contribution in [0.1, 0.15) is 34.8 Å². The lowest BCUT2D eigenvalue weighted by molar-refractivity contribution is -0.122. The third-order valence-electron chi connectivity index (χ3n) is 6.04. The number of para-hydroxylation sites is 2. The lowest BCUT2D eigenvalue weighted by Crippen LogP contribution is -2.45. The molecule has 2 aliphatic heterocycles. The summed E-state index contributed by atoms with van der Waals surface area (Å²) in [6.45, 7) is 2.09. The monoisotopic (exact) mass is 405 g/mol. The first-order valence-electron chi connectivity index (χ1n) is 10.0. The minimum absolute atomic E-state index is 0.0237. The summed E-state index contributed by atoms with van der Waals surface area (Å²) in [6.07, 6.45) is 1.85. The van der Waals surface area contributed by atoms with Gasteiger partial charge in [0.25, 0.3) is 0 Å². The number of nitrogens with one attached hydrogen (secondary N) is 1. The second kappa shape index (κ2) is 7.65. The van der Waals surface area contributed by atoms with E-state index >= 15 is 0 Å². The first-order chi connectivity index (χ1) is 14.3. The number of hydrogen-bond donors (Lipinski definition) is 1. The van der Waals surface area contributed by atoms with Crippen molar-refractivity contribution in [2.45, 2.75) is 24.2 Å². The number of rotatable bonds is 4. The van der Waals surface area contributed by atoms with Crippen LogP contribution in [-0.4, -0.2) is 25.7 Å². The highest BCUT2D eigenvalue weighted by molar-refractivity contribution is 7.10. The molecule has 1 aromatic heterocycles. The fourth-order valence-corrected chi connectivity index (χ4v) is 5.39. The van der Waals surface area contributed by atoms with E-state index in [1.165, 1.54) is 4.88 Å². The Hall–Kier alpha value is -2.63. The molecule has 1 fully saturated rings. The van der Waals surface area contributed by atoms with Crippen LogP contribution in [0.15, 0.2) is 66.0 Å². The number of carbonyl (C=O) groups is 1. The zero-order chi connectivity index (χ0) is 19.7. The Labute approximate surface area is 174 Å². The molecule has 0 radical (unpaired) electrons. The van der Waals surface area contributed by atoms with Crippen molar-refractivity contribution in [3.8, 4) is 11.5 Å². The quantitative estimate of drug-likeness (QED) is 0.675. The van der Waals surface area contributed by atoms with Gasteiger partial charge < -0.3 is 14.8 Å². The molecule has 29 heavy (non-hydrogen) atoms. The molecule has 2 aromatic carbocycles. The fourth-order valence-electron chi connectivity index (χ4n) is 4.40. The van der Waals surface area contributed by atoms with E-state index in [0.29, 0.717) is 6.54 Å². The van der Waals surface area contributed by atoms with E-state index in [1.54, 1.807) is 11.3 Å². The van der Waals surface area contributed by atoms with Gasteiger partial charge in [0, 0.05) is 41.2 Å². The summed E-state index contributed by atoms with van der Waals surface area (Å²) in [5, 5.41) is 5.40. The highest BCUT2D eigenvalue weighted by Gasteiger charge is 2.38. The van der Waals surface area contributed by atoms with E-state index in [-0.39, 0.29) is 17.2 Å². The van der Waals surface area contributed by atoms with Crippen LogP contribution in [0.4, 0.5) is 0 Å². The maximum Gasteiger partial charge on any atom is 0.232 e. The molecule has 5 rings (SSSR count). The van der Waals surface area contributed by atoms with Crippen molar-refractivity contribution in [3.05, 3.63) is 82.0 Å². The van der Waals surface area contributed by atoms with Gasteiger partial charge in [-0.1, -0.05) is 42.5 Å². The van der Waals surface area contributed by atoms with Crippen LogP contribution in [0.25, 0.3) is 0 Å². The van der Waals surface area contributed by atoms with Crippen LogP contribution in [0.5, 0.6) is 11.5 Å². The minimum Gasteiger partial charge on any atom is -0.457 e. The third kappa shape index (κ3) is 3.34. The maximum absolute atomic E-state index is 13.5. The summed E-state index contributed by atoms with van der Waals surface area (Å²) < 4.78 is 11.7. The number of hydrogen-bond acceptors (Lipinski definition) is 4. The van der Waals surface area contributed by atoms with Crippen molar-refractivity contribution in [1.29, 1.82) is 0 Å². The van der Waals surface area contributed by atoms with Gasteiger partial charge in [-0.05, 0) is 36.4 Å². The first-order valence-corrected chi connectivity index (χ1v) is 10.9. The molecule has 0 bridgehead atoms. The zero-order valence-corrected chi connectivity index (χ0v) is 16.9. The van der Waals surface area contributed by atoms with Gasteiger partial charge in [0.05, 0.1) is 5.92 Å². The molecule has 148 valence electrons. The number of ether oxygens (including phenoxy) is 2. The number of benzene rings is 2. The molecule has 5 heteroatoms. The Morgan fingerprint density at radius 2 is 1.62 bits per heavy atom. The Morgan fingerprint density at radius 1 is 0.966 bits per heavy atom. The van der Waals surface area contributed by atoms with Gasteiger partial charge in [0.1, 0.15) is 11.5 Å². The summed E-state index contributed by atoms with van der Waals surface area (Å²) >= 11 is 1.77. The van der Waals surface area contributed by atoms with E-state index < -0.39 is 0 Å². The smallest absolute Gasteiger partial charge is 0.232 e. The van der Waals surface area contributed by atoms with Crippen LogP contribution in [0.2, 0.25) is 0 Å². The van der Waals surface area contributed by atoms with Crippen LogP contribution in [-0.2, 0) is 14.9 Å². The summed E-state index contributed by atoms with van der Waals surface area (Å²) in [7, 11) is 0. The maximum atomic E-state index is 13.5. The van der Waals surface area contributed by atoms with Crippen LogP contribution in [0.3, 0.4) is 0 Å². The van der Waals surface area contributed by atoms with E-state index in [9.17, 15) is 4.79 Å². The molecule has 4 nitrogen and oxygen atoms in total. The predicted octanol–water partition coefficient (Wildman–Crippen LogP) is 4.85. The van der Waals surface area contributed by atoms with Crippen molar-refractivity contribution in [2.24, 2.45) is 0 Å². The van der Waals surface area contributed by atoms with Gasteiger partial charge in [-0.2, -0.15) is 0 Å².